The number of halogens is 2. The van der Waals surface area contributed by atoms with Gasteiger partial charge in [0.15, 0.2) is 11.0 Å². The summed E-state index contributed by atoms with van der Waals surface area (Å²) in [6.45, 7) is 0. The number of nitrogens with one attached hydrogen (secondary N) is 1. The number of carbonyl (C=O) groups is 1. The highest BCUT2D eigenvalue weighted by molar-refractivity contribution is 7.99. The topological polar surface area (TPSA) is 69.0 Å². The molecule has 1 aliphatic carbocycles. The Hall–Kier alpha value is -2.22. The first kappa shape index (κ1) is 22.0. The Morgan fingerprint density at radius 2 is 1.87 bits per heavy atom. The van der Waals surface area contributed by atoms with Gasteiger partial charge in [-0.15, -0.1) is 10.2 Å². The van der Waals surface area contributed by atoms with Crippen LogP contribution in [0.4, 0.5) is 5.69 Å². The Balaban J connectivity index is 1.35. The molecule has 162 valence electrons. The molecule has 1 heterocycles. The average molecular weight is 477 g/mol. The molecule has 2 aromatic carbocycles. The maximum absolute atomic E-state index is 12.3. The van der Waals surface area contributed by atoms with Crippen LogP contribution in [0.5, 0.6) is 5.75 Å². The van der Waals surface area contributed by atoms with Crippen molar-refractivity contribution in [3.8, 4) is 17.1 Å². The smallest absolute Gasteiger partial charge is 0.234 e. The summed E-state index contributed by atoms with van der Waals surface area (Å²) in [5.41, 5.74) is 1.54. The second-order valence-corrected chi connectivity index (χ2v) is 9.14. The van der Waals surface area contributed by atoms with Crippen molar-refractivity contribution in [2.75, 3.05) is 11.1 Å². The lowest BCUT2D eigenvalue weighted by Gasteiger charge is -2.13. The van der Waals surface area contributed by atoms with Crippen molar-refractivity contribution >= 4 is 46.6 Å². The van der Waals surface area contributed by atoms with Gasteiger partial charge >= 0.3 is 0 Å². The minimum atomic E-state index is -0.165. The third kappa shape index (κ3) is 5.53. The van der Waals surface area contributed by atoms with Crippen LogP contribution in [-0.4, -0.2) is 32.5 Å². The highest BCUT2D eigenvalue weighted by atomic mass is 35.5. The molecule has 1 N–H and O–H groups in total. The molecule has 0 aliphatic heterocycles. The van der Waals surface area contributed by atoms with E-state index in [0.717, 1.165) is 30.0 Å². The van der Waals surface area contributed by atoms with Gasteiger partial charge in [-0.05, 0) is 68.1 Å². The second kappa shape index (κ2) is 9.94. The first-order chi connectivity index (χ1) is 15.0. The zero-order valence-electron chi connectivity index (χ0n) is 17.0. The lowest BCUT2D eigenvalue weighted by molar-refractivity contribution is -0.113. The molecule has 0 bridgehead atoms. The zero-order valence-corrected chi connectivity index (χ0v) is 19.3. The average Bonchev–Trinajstić information content (AvgIpc) is 3.40. The number of hydrogen-bond donors (Lipinski definition) is 1. The fourth-order valence-corrected chi connectivity index (χ4v) is 4.48. The third-order valence-electron chi connectivity index (χ3n) is 5.09. The summed E-state index contributed by atoms with van der Waals surface area (Å²) in [5.74, 6) is 1.65. The third-order valence-corrected chi connectivity index (χ3v) is 6.85. The molecule has 1 amide bonds. The van der Waals surface area contributed by atoms with Gasteiger partial charge in [-0.2, -0.15) is 0 Å². The number of hydrogen-bond acceptors (Lipinski definition) is 5. The number of amides is 1. The van der Waals surface area contributed by atoms with E-state index in [0.29, 0.717) is 27.0 Å². The van der Waals surface area contributed by atoms with E-state index in [1.165, 1.54) is 24.6 Å². The Kier molecular flexibility index (Phi) is 7.05. The van der Waals surface area contributed by atoms with Gasteiger partial charge in [0, 0.05) is 18.3 Å². The molecule has 6 nitrogen and oxygen atoms in total. The van der Waals surface area contributed by atoms with Crippen molar-refractivity contribution in [3.63, 3.8) is 0 Å². The van der Waals surface area contributed by atoms with E-state index in [4.69, 9.17) is 27.9 Å². The van der Waals surface area contributed by atoms with Crippen LogP contribution in [-0.2, 0) is 11.8 Å². The molecule has 0 atom stereocenters. The number of carbonyl (C=O) groups excluding carboxylic acids is 1. The fourth-order valence-electron chi connectivity index (χ4n) is 3.47. The molecule has 1 saturated carbocycles. The lowest BCUT2D eigenvalue weighted by Crippen LogP contribution is -2.14. The van der Waals surface area contributed by atoms with Gasteiger partial charge < -0.3 is 14.6 Å². The predicted molar refractivity (Wildman–Crippen MR) is 125 cm³/mol. The highest BCUT2D eigenvalue weighted by Crippen LogP contribution is 2.28. The summed E-state index contributed by atoms with van der Waals surface area (Å²) in [6, 6.07) is 12.9. The van der Waals surface area contributed by atoms with Crippen LogP contribution < -0.4 is 10.1 Å². The first-order valence-corrected chi connectivity index (χ1v) is 11.8. The molecule has 4 rings (SSSR count). The quantitative estimate of drug-likeness (QED) is 0.433. The van der Waals surface area contributed by atoms with Gasteiger partial charge in [0.05, 0.1) is 21.9 Å². The van der Waals surface area contributed by atoms with E-state index >= 15 is 0 Å². The number of ether oxygens (including phenoxy) is 1. The number of nitrogens with zero attached hydrogens (tertiary/aromatic N) is 3. The number of benzene rings is 2. The number of thioether (sulfide) groups is 1. The predicted octanol–water partition coefficient (Wildman–Crippen LogP) is 5.84. The maximum Gasteiger partial charge on any atom is 0.234 e. The molecule has 3 aromatic rings. The van der Waals surface area contributed by atoms with E-state index in [1.54, 1.807) is 18.2 Å². The number of rotatable bonds is 7. The summed E-state index contributed by atoms with van der Waals surface area (Å²) in [4.78, 5) is 12.3. The van der Waals surface area contributed by atoms with Crippen molar-refractivity contribution in [2.45, 2.75) is 36.9 Å². The van der Waals surface area contributed by atoms with Gasteiger partial charge in [0.2, 0.25) is 5.91 Å². The number of aromatic nitrogens is 3. The van der Waals surface area contributed by atoms with E-state index < -0.39 is 0 Å². The summed E-state index contributed by atoms with van der Waals surface area (Å²) in [6.07, 6.45) is 5.08. The van der Waals surface area contributed by atoms with Gasteiger partial charge in [-0.1, -0.05) is 35.0 Å². The lowest BCUT2D eigenvalue weighted by atomic mass is 10.2. The molecular weight excluding hydrogens is 455 g/mol. The molecule has 1 aliphatic rings. The SMILES string of the molecule is Cn1c(SCC(=O)Nc2ccc(Cl)c(Cl)c2)nnc1-c1ccc(OC2CCCC2)cc1. The van der Waals surface area contributed by atoms with Crippen LogP contribution in [0.3, 0.4) is 0 Å². The Morgan fingerprint density at radius 3 is 2.58 bits per heavy atom. The van der Waals surface area contributed by atoms with E-state index in [-0.39, 0.29) is 11.7 Å². The molecule has 31 heavy (non-hydrogen) atoms. The normalized spacial score (nSPS) is 14.0. The minimum absolute atomic E-state index is 0.165. The highest BCUT2D eigenvalue weighted by Gasteiger charge is 2.17. The fraction of sp³-hybridized carbons (Fsp3) is 0.318. The largest absolute Gasteiger partial charge is 0.490 e. The summed E-state index contributed by atoms with van der Waals surface area (Å²) < 4.78 is 7.90. The molecule has 1 fully saturated rings. The van der Waals surface area contributed by atoms with Crippen LogP contribution in [0.1, 0.15) is 25.7 Å². The van der Waals surface area contributed by atoms with Crippen molar-refractivity contribution < 1.29 is 9.53 Å². The summed E-state index contributed by atoms with van der Waals surface area (Å²) >= 11 is 13.2. The maximum atomic E-state index is 12.3. The van der Waals surface area contributed by atoms with Crippen molar-refractivity contribution in [1.29, 1.82) is 0 Å². The summed E-state index contributed by atoms with van der Waals surface area (Å²) in [5, 5.41) is 12.8. The second-order valence-electron chi connectivity index (χ2n) is 7.38. The summed E-state index contributed by atoms with van der Waals surface area (Å²) in [7, 11) is 1.89. The molecule has 9 heteroatoms. The Morgan fingerprint density at radius 1 is 1.13 bits per heavy atom. The molecular formula is C22H22Cl2N4O2S. The van der Waals surface area contributed by atoms with Crippen molar-refractivity contribution in [3.05, 3.63) is 52.5 Å². The van der Waals surface area contributed by atoms with Gasteiger partial charge in [0.25, 0.3) is 0 Å². The van der Waals surface area contributed by atoms with Crippen LogP contribution in [0.15, 0.2) is 47.6 Å². The van der Waals surface area contributed by atoms with Gasteiger partial charge in [-0.25, -0.2) is 0 Å². The molecule has 0 spiro atoms. The minimum Gasteiger partial charge on any atom is -0.490 e. The van der Waals surface area contributed by atoms with Gasteiger partial charge in [0.1, 0.15) is 5.75 Å². The van der Waals surface area contributed by atoms with Crippen LogP contribution in [0.2, 0.25) is 10.0 Å². The molecule has 0 saturated heterocycles. The van der Waals surface area contributed by atoms with Crippen molar-refractivity contribution in [2.24, 2.45) is 7.05 Å². The van der Waals surface area contributed by atoms with E-state index in [9.17, 15) is 4.79 Å². The first-order valence-electron chi connectivity index (χ1n) is 10.0. The molecule has 1 aromatic heterocycles. The van der Waals surface area contributed by atoms with Gasteiger partial charge in [-0.3, -0.25) is 4.79 Å². The van der Waals surface area contributed by atoms with Crippen molar-refractivity contribution in [1.82, 2.24) is 14.8 Å². The Labute approximate surface area is 195 Å². The van der Waals surface area contributed by atoms with E-state index in [1.807, 2.05) is 35.9 Å². The zero-order chi connectivity index (χ0) is 21.8. The van der Waals surface area contributed by atoms with Crippen LogP contribution >= 0.6 is 35.0 Å². The molecule has 0 unspecified atom stereocenters. The number of anilines is 1. The van der Waals surface area contributed by atoms with Crippen LogP contribution in [0.25, 0.3) is 11.4 Å². The van der Waals surface area contributed by atoms with Crippen LogP contribution in [0, 0.1) is 0 Å². The Bertz CT molecular complexity index is 1070. The molecule has 0 radical (unpaired) electrons. The van der Waals surface area contributed by atoms with E-state index in [2.05, 4.69) is 15.5 Å². The standard InChI is InChI=1S/C22H22Cl2N4O2S/c1-28-21(14-6-9-17(10-7-14)30-16-4-2-3-5-16)26-27-22(28)31-13-20(29)25-15-8-11-18(23)19(24)12-15/h6-12,16H,2-5,13H2,1H3,(H,25,29). The monoisotopic (exact) mass is 476 g/mol.